The van der Waals surface area contributed by atoms with E-state index in [1.807, 2.05) is 36.4 Å². The summed E-state index contributed by atoms with van der Waals surface area (Å²) in [4.78, 5) is 14.5. The smallest absolute Gasteiger partial charge is 0.244 e. The third-order valence-electron chi connectivity index (χ3n) is 4.87. The molecule has 1 saturated heterocycles. The van der Waals surface area contributed by atoms with Gasteiger partial charge < -0.3 is 19.1 Å². The van der Waals surface area contributed by atoms with Crippen molar-refractivity contribution in [3.63, 3.8) is 0 Å². The van der Waals surface area contributed by atoms with Gasteiger partial charge in [-0.1, -0.05) is 12.1 Å². The zero-order valence-corrected chi connectivity index (χ0v) is 17.1. The molecule has 1 amide bonds. The quantitative estimate of drug-likeness (QED) is 0.548. The first-order valence-corrected chi connectivity index (χ1v) is 9.60. The van der Waals surface area contributed by atoms with Gasteiger partial charge in [-0.15, -0.1) is 0 Å². The van der Waals surface area contributed by atoms with Gasteiger partial charge in [0.1, 0.15) is 17.2 Å². The van der Waals surface area contributed by atoms with Crippen LogP contribution in [0.15, 0.2) is 41.5 Å². The Kier molecular flexibility index (Phi) is 6.94. The number of carbonyl (C=O) groups excluding carboxylic acids is 1. The summed E-state index contributed by atoms with van der Waals surface area (Å²) in [7, 11) is 4.87. The predicted octanol–water partition coefficient (Wildman–Crippen LogP) is 3.01. The number of anilines is 1. The largest absolute Gasteiger partial charge is 0.497 e. The number of hydrazone groups is 1. The Hall–Kier alpha value is -3.22. The zero-order valence-electron chi connectivity index (χ0n) is 17.1. The van der Waals surface area contributed by atoms with E-state index in [1.165, 1.54) is 12.8 Å². The molecule has 3 rings (SSSR count). The van der Waals surface area contributed by atoms with Crippen LogP contribution in [0.1, 0.15) is 24.0 Å². The third-order valence-corrected chi connectivity index (χ3v) is 4.87. The Morgan fingerprint density at radius 2 is 1.83 bits per heavy atom. The van der Waals surface area contributed by atoms with Gasteiger partial charge in [0.25, 0.3) is 0 Å². The van der Waals surface area contributed by atoms with Crippen LogP contribution in [-0.2, 0) is 11.2 Å². The van der Waals surface area contributed by atoms with Gasteiger partial charge in [-0.3, -0.25) is 4.79 Å². The minimum absolute atomic E-state index is 0.211. The predicted molar refractivity (Wildman–Crippen MR) is 113 cm³/mol. The maximum absolute atomic E-state index is 12.2. The molecule has 0 saturated carbocycles. The van der Waals surface area contributed by atoms with Gasteiger partial charge in [-0.25, -0.2) is 5.43 Å². The molecular weight excluding hydrogens is 370 g/mol. The number of ether oxygens (including phenoxy) is 3. The minimum Gasteiger partial charge on any atom is -0.497 e. The number of benzene rings is 2. The molecule has 0 radical (unpaired) electrons. The number of hydrogen-bond donors (Lipinski definition) is 1. The standard InChI is InChI=1S/C22H27N3O4/c1-27-18-8-6-7-16(11-18)12-22(26)24-23-15-17-13-21(29-3)19(14-20(17)28-2)25-9-4-5-10-25/h6-8,11,13-15H,4-5,9-10,12H2,1-3H3,(H,24,26)/b23-15+. The van der Waals surface area contributed by atoms with Gasteiger partial charge in [0.05, 0.1) is 39.7 Å². The summed E-state index contributed by atoms with van der Waals surface area (Å²) in [5.41, 5.74) is 5.16. The van der Waals surface area contributed by atoms with Crippen molar-refractivity contribution in [1.29, 1.82) is 0 Å². The molecule has 7 nitrogen and oxygen atoms in total. The van der Waals surface area contributed by atoms with E-state index in [0.717, 1.165) is 35.7 Å². The maximum Gasteiger partial charge on any atom is 0.244 e. The fraction of sp³-hybridized carbons (Fsp3) is 0.364. The molecule has 0 aliphatic carbocycles. The number of hydrogen-bond acceptors (Lipinski definition) is 6. The number of amides is 1. The molecule has 2 aromatic carbocycles. The van der Waals surface area contributed by atoms with Gasteiger partial charge in [0.15, 0.2) is 0 Å². The molecule has 1 aliphatic rings. The van der Waals surface area contributed by atoms with Crippen molar-refractivity contribution in [3.05, 3.63) is 47.5 Å². The highest BCUT2D eigenvalue weighted by Gasteiger charge is 2.19. The second kappa shape index (κ2) is 9.82. The van der Waals surface area contributed by atoms with E-state index in [4.69, 9.17) is 14.2 Å². The number of rotatable bonds is 8. The van der Waals surface area contributed by atoms with Crippen molar-refractivity contribution in [1.82, 2.24) is 5.43 Å². The van der Waals surface area contributed by atoms with Gasteiger partial charge >= 0.3 is 0 Å². The second-order valence-corrected chi connectivity index (χ2v) is 6.78. The van der Waals surface area contributed by atoms with Crippen LogP contribution in [0.5, 0.6) is 17.2 Å². The molecule has 154 valence electrons. The topological polar surface area (TPSA) is 72.4 Å². The molecule has 0 aromatic heterocycles. The van der Waals surface area contributed by atoms with Gasteiger partial charge in [-0.05, 0) is 36.6 Å². The monoisotopic (exact) mass is 397 g/mol. The first-order chi connectivity index (χ1) is 14.1. The van der Waals surface area contributed by atoms with E-state index in [9.17, 15) is 4.79 Å². The molecule has 1 N–H and O–H groups in total. The number of carbonyl (C=O) groups is 1. The average Bonchev–Trinajstić information content (AvgIpc) is 3.28. The Balaban J connectivity index is 1.69. The third kappa shape index (κ3) is 5.19. The number of nitrogens with zero attached hydrogens (tertiary/aromatic N) is 2. The van der Waals surface area contributed by atoms with Gasteiger partial charge in [-0.2, -0.15) is 5.10 Å². The molecule has 1 heterocycles. The first kappa shape index (κ1) is 20.5. The highest BCUT2D eigenvalue weighted by Crippen LogP contribution is 2.36. The van der Waals surface area contributed by atoms with Crippen LogP contribution < -0.4 is 24.5 Å². The van der Waals surface area contributed by atoms with Crippen molar-refractivity contribution in [2.45, 2.75) is 19.3 Å². The molecule has 7 heteroatoms. The highest BCUT2D eigenvalue weighted by atomic mass is 16.5. The Labute approximate surface area is 171 Å². The summed E-state index contributed by atoms with van der Waals surface area (Å²) >= 11 is 0. The lowest BCUT2D eigenvalue weighted by molar-refractivity contribution is -0.120. The van der Waals surface area contributed by atoms with Gasteiger partial charge in [0, 0.05) is 24.7 Å². The highest BCUT2D eigenvalue weighted by molar-refractivity contribution is 5.88. The van der Waals surface area contributed by atoms with Gasteiger partial charge in [0.2, 0.25) is 5.91 Å². The summed E-state index contributed by atoms with van der Waals surface area (Å²) in [6.45, 7) is 2.01. The summed E-state index contributed by atoms with van der Waals surface area (Å²) in [6, 6.07) is 11.2. The van der Waals surface area contributed by atoms with Crippen molar-refractivity contribution < 1.29 is 19.0 Å². The van der Waals surface area contributed by atoms with Crippen LogP contribution in [0.3, 0.4) is 0 Å². The minimum atomic E-state index is -0.214. The van der Waals surface area contributed by atoms with Crippen molar-refractivity contribution >= 4 is 17.8 Å². The van der Waals surface area contributed by atoms with E-state index in [0.29, 0.717) is 11.5 Å². The normalized spacial score (nSPS) is 13.6. The van der Waals surface area contributed by atoms with Crippen LogP contribution in [0.4, 0.5) is 5.69 Å². The summed E-state index contributed by atoms with van der Waals surface area (Å²) in [5.74, 6) is 1.94. The molecule has 0 bridgehead atoms. The van der Waals surface area contributed by atoms with Crippen molar-refractivity contribution in [2.24, 2.45) is 5.10 Å². The second-order valence-electron chi connectivity index (χ2n) is 6.78. The molecule has 2 aromatic rings. The van der Waals surface area contributed by atoms with Crippen LogP contribution in [0, 0.1) is 0 Å². The Morgan fingerprint density at radius 1 is 1.07 bits per heavy atom. The van der Waals surface area contributed by atoms with Crippen LogP contribution in [0.2, 0.25) is 0 Å². The molecule has 0 atom stereocenters. The lowest BCUT2D eigenvalue weighted by atomic mass is 10.1. The summed E-state index contributed by atoms with van der Waals surface area (Å²) in [6.07, 6.45) is 4.13. The first-order valence-electron chi connectivity index (χ1n) is 9.60. The lowest BCUT2D eigenvalue weighted by Gasteiger charge is -2.22. The summed E-state index contributed by atoms with van der Waals surface area (Å²) in [5, 5.41) is 4.09. The van der Waals surface area contributed by atoms with E-state index in [2.05, 4.69) is 15.4 Å². The van der Waals surface area contributed by atoms with E-state index in [-0.39, 0.29) is 12.3 Å². The number of nitrogens with one attached hydrogen (secondary N) is 1. The Morgan fingerprint density at radius 3 is 2.52 bits per heavy atom. The molecule has 1 fully saturated rings. The fourth-order valence-corrected chi connectivity index (χ4v) is 3.39. The summed E-state index contributed by atoms with van der Waals surface area (Å²) < 4.78 is 16.3. The average molecular weight is 397 g/mol. The molecular formula is C22H27N3O4. The zero-order chi connectivity index (χ0) is 20.6. The van der Waals surface area contributed by atoms with Crippen LogP contribution in [0.25, 0.3) is 0 Å². The molecule has 0 unspecified atom stereocenters. The molecule has 29 heavy (non-hydrogen) atoms. The molecule has 0 spiro atoms. The van der Waals surface area contributed by atoms with E-state index >= 15 is 0 Å². The molecule has 1 aliphatic heterocycles. The van der Waals surface area contributed by atoms with Crippen LogP contribution in [-0.4, -0.2) is 46.5 Å². The lowest BCUT2D eigenvalue weighted by Crippen LogP contribution is -2.20. The fourth-order valence-electron chi connectivity index (χ4n) is 3.39. The van der Waals surface area contributed by atoms with Crippen molar-refractivity contribution in [3.8, 4) is 17.2 Å². The number of methoxy groups -OCH3 is 3. The Bertz CT molecular complexity index is 876. The van der Waals surface area contributed by atoms with E-state index < -0.39 is 0 Å². The van der Waals surface area contributed by atoms with E-state index in [1.54, 1.807) is 27.5 Å². The maximum atomic E-state index is 12.2. The van der Waals surface area contributed by atoms with Crippen molar-refractivity contribution in [2.75, 3.05) is 39.3 Å². The van der Waals surface area contributed by atoms with Crippen LogP contribution >= 0.6 is 0 Å². The SMILES string of the molecule is COc1cccc(CC(=O)N/N=C/c2cc(OC)c(N3CCCC3)cc2OC)c1.